The molecule has 1 aromatic carbocycles. The first-order valence-electron chi connectivity index (χ1n) is 8.63. The Morgan fingerprint density at radius 1 is 1.30 bits per heavy atom. The van der Waals surface area contributed by atoms with E-state index in [0.717, 1.165) is 19.5 Å². The minimum atomic E-state index is -0.566. The Kier molecular flexibility index (Phi) is 5.52. The average molecular weight is 369 g/mol. The third kappa shape index (κ3) is 3.83. The molecule has 4 N–H and O–H groups in total. The lowest BCUT2D eigenvalue weighted by Crippen LogP contribution is -2.18. The summed E-state index contributed by atoms with van der Waals surface area (Å²) in [7, 11) is 4.90. The SMILES string of the molecule is CNc1c(C(N)=O)c(C#Cc2cc(OC)cc(OC)c2)nn1[C@H]1CCNC1. The van der Waals surface area contributed by atoms with Crippen molar-refractivity contribution in [1.82, 2.24) is 15.1 Å². The van der Waals surface area contributed by atoms with E-state index < -0.39 is 5.91 Å². The number of ether oxygens (including phenoxy) is 2. The first kappa shape index (κ1) is 18.6. The highest BCUT2D eigenvalue weighted by Crippen LogP contribution is 2.26. The van der Waals surface area contributed by atoms with Gasteiger partial charge in [0.15, 0.2) is 5.69 Å². The van der Waals surface area contributed by atoms with E-state index in [1.807, 2.05) is 0 Å². The van der Waals surface area contributed by atoms with E-state index >= 15 is 0 Å². The minimum absolute atomic E-state index is 0.151. The molecule has 0 saturated carbocycles. The average Bonchev–Trinajstić information content (AvgIpc) is 3.32. The van der Waals surface area contributed by atoms with E-state index in [1.54, 1.807) is 44.1 Å². The van der Waals surface area contributed by atoms with Gasteiger partial charge in [0, 0.05) is 25.2 Å². The van der Waals surface area contributed by atoms with E-state index in [9.17, 15) is 4.79 Å². The zero-order chi connectivity index (χ0) is 19.4. The van der Waals surface area contributed by atoms with Gasteiger partial charge in [-0.15, -0.1) is 0 Å². The van der Waals surface area contributed by atoms with Crippen LogP contribution in [0.15, 0.2) is 18.2 Å². The van der Waals surface area contributed by atoms with Gasteiger partial charge >= 0.3 is 0 Å². The summed E-state index contributed by atoms with van der Waals surface area (Å²) in [5.74, 6) is 7.29. The van der Waals surface area contributed by atoms with Crippen LogP contribution in [0.2, 0.25) is 0 Å². The molecule has 1 atom stereocenters. The fourth-order valence-electron chi connectivity index (χ4n) is 3.12. The number of primary amides is 1. The van der Waals surface area contributed by atoms with Crippen LogP contribution in [0.5, 0.6) is 11.5 Å². The molecule has 1 aromatic heterocycles. The molecule has 0 unspecified atom stereocenters. The molecule has 0 bridgehead atoms. The maximum Gasteiger partial charge on any atom is 0.255 e. The summed E-state index contributed by atoms with van der Waals surface area (Å²) >= 11 is 0. The molecule has 1 saturated heterocycles. The van der Waals surface area contributed by atoms with Crippen molar-refractivity contribution in [3.63, 3.8) is 0 Å². The van der Waals surface area contributed by atoms with Crippen LogP contribution in [0.4, 0.5) is 5.82 Å². The smallest absolute Gasteiger partial charge is 0.255 e. The number of amides is 1. The lowest BCUT2D eigenvalue weighted by Gasteiger charge is -2.13. The van der Waals surface area contributed by atoms with E-state index in [4.69, 9.17) is 15.2 Å². The first-order chi connectivity index (χ1) is 13.1. The predicted octanol–water partition coefficient (Wildman–Crippen LogP) is 0.975. The van der Waals surface area contributed by atoms with Crippen LogP contribution in [-0.2, 0) is 0 Å². The Morgan fingerprint density at radius 2 is 2.00 bits per heavy atom. The van der Waals surface area contributed by atoms with Gasteiger partial charge in [-0.3, -0.25) is 4.79 Å². The molecule has 8 nitrogen and oxygen atoms in total. The molecule has 1 fully saturated rings. The van der Waals surface area contributed by atoms with E-state index in [1.165, 1.54) is 0 Å². The Bertz CT molecular complexity index is 882. The second-order valence-electron chi connectivity index (χ2n) is 6.13. The van der Waals surface area contributed by atoms with Crippen molar-refractivity contribution in [2.24, 2.45) is 5.73 Å². The summed E-state index contributed by atoms with van der Waals surface area (Å²) in [6.45, 7) is 1.69. The van der Waals surface area contributed by atoms with Gasteiger partial charge in [0.1, 0.15) is 22.9 Å². The number of nitrogens with two attached hydrogens (primary N) is 1. The standard InChI is InChI=1S/C19H23N5O3/c1-21-19-17(18(20)25)16(23-24(19)13-6-7-22-11-13)5-4-12-8-14(26-2)10-15(9-12)27-3/h8-10,13,21-22H,6-7,11H2,1-3H3,(H2,20,25)/t13-/m0/s1. The Balaban J connectivity index is 2.05. The molecule has 1 aliphatic rings. The molecule has 1 aliphatic heterocycles. The summed E-state index contributed by atoms with van der Waals surface area (Å²) in [4.78, 5) is 12.0. The minimum Gasteiger partial charge on any atom is -0.497 e. The molecule has 0 spiro atoms. The summed E-state index contributed by atoms with van der Waals surface area (Å²) in [6, 6.07) is 5.49. The summed E-state index contributed by atoms with van der Waals surface area (Å²) < 4.78 is 12.3. The van der Waals surface area contributed by atoms with Gasteiger partial charge in [-0.1, -0.05) is 5.92 Å². The number of hydrogen-bond donors (Lipinski definition) is 3. The number of methoxy groups -OCH3 is 2. The second kappa shape index (κ2) is 8.01. The van der Waals surface area contributed by atoms with Crippen molar-refractivity contribution in [2.45, 2.75) is 12.5 Å². The number of carbonyl (C=O) groups excluding carboxylic acids is 1. The Morgan fingerprint density at radius 3 is 2.52 bits per heavy atom. The molecule has 2 aromatic rings. The molecule has 1 amide bonds. The summed E-state index contributed by atoms with van der Waals surface area (Å²) in [6.07, 6.45) is 0.925. The largest absolute Gasteiger partial charge is 0.497 e. The first-order valence-corrected chi connectivity index (χ1v) is 8.63. The molecule has 0 radical (unpaired) electrons. The second-order valence-corrected chi connectivity index (χ2v) is 6.13. The molecule has 8 heteroatoms. The van der Waals surface area contributed by atoms with Crippen molar-refractivity contribution in [3.8, 4) is 23.3 Å². The van der Waals surface area contributed by atoms with Crippen molar-refractivity contribution < 1.29 is 14.3 Å². The van der Waals surface area contributed by atoms with Gasteiger partial charge in [-0.25, -0.2) is 4.68 Å². The molecule has 0 aliphatic carbocycles. The topological polar surface area (TPSA) is 103 Å². The van der Waals surface area contributed by atoms with Gasteiger partial charge in [-0.2, -0.15) is 5.10 Å². The van der Waals surface area contributed by atoms with Gasteiger partial charge in [0.05, 0.1) is 20.3 Å². The highest BCUT2D eigenvalue weighted by Gasteiger charge is 2.26. The molecular weight excluding hydrogens is 346 g/mol. The highest BCUT2D eigenvalue weighted by molar-refractivity contribution is 6.00. The van der Waals surface area contributed by atoms with Crippen LogP contribution in [0.25, 0.3) is 0 Å². The Hall–Kier alpha value is -3.18. The third-order valence-electron chi connectivity index (χ3n) is 4.45. The number of rotatable bonds is 5. The molecule has 27 heavy (non-hydrogen) atoms. The fraction of sp³-hybridized carbons (Fsp3) is 0.368. The van der Waals surface area contributed by atoms with Crippen LogP contribution in [0, 0.1) is 11.8 Å². The fourth-order valence-corrected chi connectivity index (χ4v) is 3.12. The van der Waals surface area contributed by atoms with Gasteiger partial charge in [0.25, 0.3) is 5.91 Å². The normalized spacial score (nSPS) is 15.7. The number of nitrogens with one attached hydrogen (secondary N) is 2. The third-order valence-corrected chi connectivity index (χ3v) is 4.45. The number of carbonyl (C=O) groups is 1. The van der Waals surface area contributed by atoms with Crippen molar-refractivity contribution >= 4 is 11.7 Å². The number of nitrogens with zero attached hydrogens (tertiary/aromatic N) is 2. The van der Waals surface area contributed by atoms with Crippen LogP contribution in [0.3, 0.4) is 0 Å². The van der Waals surface area contributed by atoms with Gasteiger partial charge in [-0.05, 0) is 31.0 Å². The molecular formula is C19H23N5O3. The number of anilines is 1. The molecule has 2 heterocycles. The van der Waals surface area contributed by atoms with E-state index in [-0.39, 0.29) is 6.04 Å². The predicted molar refractivity (Wildman–Crippen MR) is 102 cm³/mol. The van der Waals surface area contributed by atoms with Crippen LogP contribution in [0.1, 0.15) is 34.1 Å². The van der Waals surface area contributed by atoms with Gasteiger partial charge in [0.2, 0.25) is 0 Å². The lowest BCUT2D eigenvalue weighted by atomic mass is 10.1. The van der Waals surface area contributed by atoms with Crippen molar-refractivity contribution in [3.05, 3.63) is 35.0 Å². The number of hydrogen-bond acceptors (Lipinski definition) is 6. The summed E-state index contributed by atoms with van der Waals surface area (Å²) in [5.41, 5.74) is 6.94. The zero-order valence-corrected chi connectivity index (χ0v) is 15.6. The number of benzene rings is 1. The number of aromatic nitrogens is 2. The molecule has 3 rings (SSSR count). The Labute approximate surface area is 158 Å². The van der Waals surface area contributed by atoms with E-state index in [0.29, 0.717) is 34.1 Å². The van der Waals surface area contributed by atoms with E-state index in [2.05, 4.69) is 27.6 Å². The van der Waals surface area contributed by atoms with Crippen LogP contribution < -0.4 is 25.8 Å². The van der Waals surface area contributed by atoms with Crippen molar-refractivity contribution in [2.75, 3.05) is 39.7 Å². The maximum atomic E-state index is 12.0. The molecule has 142 valence electrons. The maximum absolute atomic E-state index is 12.0. The quantitative estimate of drug-likeness (QED) is 0.679. The lowest BCUT2D eigenvalue weighted by molar-refractivity contribution is 0.100. The summed E-state index contributed by atoms with van der Waals surface area (Å²) in [5, 5.41) is 10.9. The van der Waals surface area contributed by atoms with Crippen LogP contribution >= 0.6 is 0 Å². The zero-order valence-electron chi connectivity index (χ0n) is 15.6. The van der Waals surface area contributed by atoms with Gasteiger partial charge < -0.3 is 25.8 Å². The monoisotopic (exact) mass is 369 g/mol. The van der Waals surface area contributed by atoms with Crippen molar-refractivity contribution in [1.29, 1.82) is 0 Å². The highest BCUT2D eigenvalue weighted by atomic mass is 16.5. The van der Waals surface area contributed by atoms with Crippen LogP contribution in [-0.4, -0.2) is 50.0 Å².